The van der Waals surface area contributed by atoms with Crippen LogP contribution in [0.15, 0.2) is 24.3 Å². The average Bonchev–Trinajstić information content (AvgIpc) is 1.91. The molecule has 0 saturated carbocycles. The normalized spacial score (nSPS) is 6.08. The van der Waals surface area contributed by atoms with Gasteiger partial charge in [-0.05, 0) is 0 Å². The molecule has 0 amide bonds. The molecule has 0 aliphatic rings. The van der Waals surface area contributed by atoms with E-state index in [0.717, 1.165) is 0 Å². The number of carboxylic acid groups (broad SMARTS) is 1. The maximum atomic E-state index is 8.36. The van der Waals surface area contributed by atoms with E-state index in [1.807, 2.05) is 24.3 Å². The van der Waals surface area contributed by atoms with Crippen LogP contribution in [0.25, 0.3) is 0 Å². The fraction of sp³-hybridized carbons (Fsp3) is 0.125. The molecule has 0 radical (unpaired) electrons. The van der Waals surface area contributed by atoms with E-state index in [1.54, 1.807) is 0 Å². The van der Waals surface area contributed by atoms with Gasteiger partial charge in [-0.25, -0.2) is 0 Å². The predicted molar refractivity (Wildman–Crippen MR) is 44.5 cm³/mol. The van der Waals surface area contributed by atoms with Crippen molar-refractivity contribution >= 4 is 29.5 Å². The van der Waals surface area contributed by atoms with Crippen LogP contribution in [0.5, 0.6) is 0 Å². The Bertz CT molecular complexity index is 180. The average molecular weight is 241 g/mol. The molecular formula is C8H9BrMgO2. The van der Waals surface area contributed by atoms with E-state index in [1.165, 1.54) is 5.56 Å². The SMILES string of the molecule is Cc1cc[c-]cc1.O=CO.[Br-].[Mg+2]. The second-order valence-electron chi connectivity index (χ2n) is 1.68. The number of aryl methyl sites for hydroxylation is 1. The molecule has 12 heavy (non-hydrogen) atoms. The molecule has 0 heterocycles. The zero-order chi connectivity index (χ0) is 7.82. The van der Waals surface area contributed by atoms with Crippen LogP contribution >= 0.6 is 0 Å². The Hall–Kier alpha value is -0.0638. The summed E-state index contributed by atoms with van der Waals surface area (Å²) in [6.45, 7) is 1.81. The van der Waals surface area contributed by atoms with Crippen molar-refractivity contribution in [2.24, 2.45) is 0 Å². The standard InChI is InChI=1S/C7H7.CH2O2.BrH.Mg/c1-7-5-3-2-4-6-7;2-1-3;;/h3-6H,1H3;1H,(H,2,3);1H;/q-1;;;+2/p-1. The number of halogens is 1. The largest absolute Gasteiger partial charge is 2.00 e. The summed E-state index contributed by atoms with van der Waals surface area (Å²) in [7, 11) is 0. The maximum Gasteiger partial charge on any atom is 2.00 e. The van der Waals surface area contributed by atoms with Crippen molar-refractivity contribution in [1.29, 1.82) is 0 Å². The van der Waals surface area contributed by atoms with Gasteiger partial charge in [-0.1, -0.05) is 6.92 Å². The van der Waals surface area contributed by atoms with Crippen LogP contribution in [0.4, 0.5) is 0 Å². The Labute approximate surface area is 98.9 Å². The van der Waals surface area contributed by atoms with E-state index in [2.05, 4.69) is 13.0 Å². The first-order valence-electron chi connectivity index (χ1n) is 2.82. The maximum absolute atomic E-state index is 8.36. The third-order valence-corrected chi connectivity index (χ3v) is 0.885. The minimum Gasteiger partial charge on any atom is -1.00 e. The molecular weight excluding hydrogens is 232 g/mol. The van der Waals surface area contributed by atoms with Gasteiger partial charge < -0.3 is 22.1 Å². The van der Waals surface area contributed by atoms with Gasteiger partial charge in [0.2, 0.25) is 0 Å². The summed E-state index contributed by atoms with van der Waals surface area (Å²) in [5.41, 5.74) is 1.29. The molecule has 0 fully saturated rings. The molecule has 4 heteroatoms. The van der Waals surface area contributed by atoms with Gasteiger partial charge in [-0.3, -0.25) is 4.79 Å². The summed E-state index contributed by atoms with van der Waals surface area (Å²) in [6, 6.07) is 10.8. The third kappa shape index (κ3) is 12.6. The molecule has 0 aliphatic carbocycles. The molecule has 0 unspecified atom stereocenters. The van der Waals surface area contributed by atoms with Crippen molar-refractivity contribution in [3.05, 3.63) is 35.9 Å². The number of rotatable bonds is 0. The monoisotopic (exact) mass is 240 g/mol. The molecule has 0 aromatic heterocycles. The van der Waals surface area contributed by atoms with Crippen LogP contribution in [0.3, 0.4) is 0 Å². The molecule has 0 spiro atoms. The topological polar surface area (TPSA) is 37.3 Å². The molecule has 62 valence electrons. The van der Waals surface area contributed by atoms with Gasteiger partial charge in [0.25, 0.3) is 6.47 Å². The second kappa shape index (κ2) is 13.5. The van der Waals surface area contributed by atoms with E-state index in [0.29, 0.717) is 0 Å². The van der Waals surface area contributed by atoms with Gasteiger partial charge in [-0.15, -0.1) is 0 Å². The van der Waals surface area contributed by atoms with Crippen molar-refractivity contribution < 1.29 is 26.9 Å². The zero-order valence-corrected chi connectivity index (χ0v) is 9.83. The van der Waals surface area contributed by atoms with Crippen LogP contribution in [0, 0.1) is 13.0 Å². The van der Waals surface area contributed by atoms with Crippen LogP contribution in [-0.2, 0) is 4.79 Å². The molecule has 0 saturated heterocycles. The van der Waals surface area contributed by atoms with Crippen LogP contribution in [0.1, 0.15) is 5.56 Å². The summed E-state index contributed by atoms with van der Waals surface area (Å²) >= 11 is 0. The smallest absolute Gasteiger partial charge is 1.00 e. The molecule has 0 aliphatic heterocycles. The van der Waals surface area contributed by atoms with Gasteiger partial charge in [0.1, 0.15) is 0 Å². The minimum absolute atomic E-state index is 0. The number of benzene rings is 1. The Morgan fingerprint density at radius 2 is 1.75 bits per heavy atom. The first kappa shape index (κ1) is 17.9. The minimum atomic E-state index is -0.250. The van der Waals surface area contributed by atoms with Gasteiger partial charge in [0, 0.05) is 0 Å². The number of carbonyl (C=O) groups is 1. The van der Waals surface area contributed by atoms with E-state index in [4.69, 9.17) is 9.90 Å². The van der Waals surface area contributed by atoms with E-state index in [9.17, 15) is 0 Å². The molecule has 1 aromatic rings. The molecule has 0 atom stereocenters. The zero-order valence-electron chi connectivity index (χ0n) is 6.83. The van der Waals surface area contributed by atoms with Gasteiger partial charge in [0.05, 0.1) is 0 Å². The number of hydrogen-bond donors (Lipinski definition) is 1. The summed E-state index contributed by atoms with van der Waals surface area (Å²) in [6.07, 6.45) is 0. The van der Waals surface area contributed by atoms with Crippen molar-refractivity contribution in [1.82, 2.24) is 0 Å². The van der Waals surface area contributed by atoms with Crippen molar-refractivity contribution in [2.45, 2.75) is 6.92 Å². The summed E-state index contributed by atoms with van der Waals surface area (Å²) < 4.78 is 0. The van der Waals surface area contributed by atoms with E-state index in [-0.39, 0.29) is 46.5 Å². The van der Waals surface area contributed by atoms with Crippen molar-refractivity contribution in [3.8, 4) is 0 Å². The third-order valence-electron chi connectivity index (χ3n) is 0.885. The van der Waals surface area contributed by atoms with Gasteiger partial charge >= 0.3 is 23.1 Å². The Morgan fingerprint density at radius 1 is 1.42 bits per heavy atom. The van der Waals surface area contributed by atoms with E-state index < -0.39 is 0 Å². The summed E-state index contributed by atoms with van der Waals surface area (Å²) in [5, 5.41) is 6.89. The van der Waals surface area contributed by atoms with Crippen molar-refractivity contribution in [3.63, 3.8) is 0 Å². The molecule has 1 aromatic carbocycles. The summed E-state index contributed by atoms with van der Waals surface area (Å²) in [5.74, 6) is 0. The quantitative estimate of drug-likeness (QED) is 0.328. The fourth-order valence-corrected chi connectivity index (χ4v) is 0.470. The fourth-order valence-electron chi connectivity index (χ4n) is 0.470. The molecule has 1 N–H and O–H groups in total. The molecule has 2 nitrogen and oxygen atoms in total. The Kier molecular flexibility index (Phi) is 20.1. The van der Waals surface area contributed by atoms with Gasteiger partial charge in [-0.2, -0.15) is 35.9 Å². The van der Waals surface area contributed by atoms with Crippen molar-refractivity contribution in [2.75, 3.05) is 0 Å². The van der Waals surface area contributed by atoms with Gasteiger partial charge in [0.15, 0.2) is 0 Å². The number of hydrogen-bond acceptors (Lipinski definition) is 1. The molecule has 0 bridgehead atoms. The van der Waals surface area contributed by atoms with Crippen LogP contribution in [0.2, 0.25) is 0 Å². The van der Waals surface area contributed by atoms with Crippen LogP contribution in [-0.4, -0.2) is 34.6 Å². The first-order valence-corrected chi connectivity index (χ1v) is 2.82. The van der Waals surface area contributed by atoms with E-state index >= 15 is 0 Å². The summed E-state index contributed by atoms with van der Waals surface area (Å²) in [4.78, 5) is 8.36. The Balaban J connectivity index is -0.000000146. The Morgan fingerprint density at radius 3 is 1.92 bits per heavy atom. The second-order valence-corrected chi connectivity index (χ2v) is 1.68. The molecule has 1 rings (SSSR count). The van der Waals surface area contributed by atoms with Crippen LogP contribution < -0.4 is 17.0 Å². The predicted octanol–water partition coefficient (Wildman–Crippen LogP) is -1.88. The first-order chi connectivity index (χ1) is 4.81.